The Labute approximate surface area is 140 Å². The second-order valence-electron chi connectivity index (χ2n) is 6.23. The molecule has 1 aromatic heterocycles. The Morgan fingerprint density at radius 3 is 2.71 bits per heavy atom. The summed E-state index contributed by atoms with van der Waals surface area (Å²) < 4.78 is 5.11. The minimum Gasteiger partial charge on any atom is -0.361 e. The van der Waals surface area contributed by atoms with Crippen molar-refractivity contribution >= 4 is 11.6 Å². The van der Waals surface area contributed by atoms with Gasteiger partial charge in [-0.15, -0.1) is 0 Å². The quantitative estimate of drug-likeness (QED) is 0.620. The van der Waals surface area contributed by atoms with Gasteiger partial charge in [0.15, 0.2) is 0 Å². The second-order valence-corrected chi connectivity index (χ2v) is 6.23. The fraction of sp³-hybridized carbons (Fsp3) is 0.200. The lowest BCUT2D eigenvalue weighted by atomic mass is 10.1. The van der Waals surface area contributed by atoms with Crippen LogP contribution in [0, 0.1) is 13.8 Å². The van der Waals surface area contributed by atoms with E-state index in [9.17, 15) is 4.79 Å². The Balaban J connectivity index is 1.53. The molecule has 0 atom stereocenters. The number of aryl methyl sites for hydroxylation is 2. The molecule has 4 nitrogen and oxygen atoms in total. The van der Waals surface area contributed by atoms with E-state index in [1.807, 2.05) is 19.9 Å². The lowest BCUT2D eigenvalue weighted by Gasteiger charge is -2.08. The van der Waals surface area contributed by atoms with Crippen LogP contribution in [0.3, 0.4) is 0 Å². The third kappa shape index (κ3) is 2.50. The van der Waals surface area contributed by atoms with Gasteiger partial charge in [-0.2, -0.15) is 0 Å². The lowest BCUT2D eigenvalue weighted by molar-refractivity contribution is -0.115. The van der Waals surface area contributed by atoms with E-state index in [0.717, 1.165) is 23.4 Å². The van der Waals surface area contributed by atoms with Crippen LogP contribution in [-0.4, -0.2) is 11.1 Å². The fourth-order valence-corrected chi connectivity index (χ4v) is 3.34. The van der Waals surface area contributed by atoms with Crippen molar-refractivity contribution in [2.75, 3.05) is 5.32 Å². The second kappa shape index (κ2) is 5.64. The predicted molar refractivity (Wildman–Crippen MR) is 93.0 cm³/mol. The molecule has 0 aliphatic heterocycles. The zero-order valence-electron chi connectivity index (χ0n) is 13.7. The molecule has 0 bridgehead atoms. The van der Waals surface area contributed by atoms with Gasteiger partial charge in [-0.1, -0.05) is 35.5 Å². The summed E-state index contributed by atoms with van der Waals surface area (Å²) in [6.45, 7) is 3.68. The number of amides is 1. The maximum Gasteiger partial charge on any atom is 0.228 e. The SMILES string of the molecule is Cc1noc(C)c1CC(=O)Nc1ccc2c(c1)Cc1ccccc1-2. The van der Waals surface area contributed by atoms with Gasteiger partial charge in [0.1, 0.15) is 5.76 Å². The van der Waals surface area contributed by atoms with Crippen LogP contribution in [0.25, 0.3) is 11.1 Å². The van der Waals surface area contributed by atoms with Crippen LogP contribution >= 0.6 is 0 Å². The fourth-order valence-electron chi connectivity index (χ4n) is 3.34. The van der Waals surface area contributed by atoms with Crippen LogP contribution < -0.4 is 5.32 Å². The molecule has 120 valence electrons. The van der Waals surface area contributed by atoms with E-state index in [-0.39, 0.29) is 12.3 Å². The molecule has 3 aromatic rings. The normalized spacial score (nSPS) is 11.9. The Bertz CT molecular complexity index is 921. The van der Waals surface area contributed by atoms with Gasteiger partial charge in [0, 0.05) is 11.3 Å². The molecule has 1 heterocycles. The monoisotopic (exact) mass is 318 g/mol. The first-order chi connectivity index (χ1) is 11.6. The number of hydrogen-bond donors (Lipinski definition) is 1. The molecule has 0 fully saturated rings. The number of carbonyl (C=O) groups excluding carboxylic acids is 1. The van der Waals surface area contributed by atoms with E-state index in [4.69, 9.17) is 4.52 Å². The molecule has 4 rings (SSSR count). The van der Waals surface area contributed by atoms with Gasteiger partial charge >= 0.3 is 0 Å². The van der Waals surface area contributed by atoms with Crippen molar-refractivity contribution in [2.24, 2.45) is 0 Å². The molecule has 0 saturated carbocycles. The largest absolute Gasteiger partial charge is 0.361 e. The number of anilines is 1. The van der Waals surface area contributed by atoms with Gasteiger partial charge in [-0.05, 0) is 54.7 Å². The molecular formula is C20H18N2O2. The van der Waals surface area contributed by atoms with Gasteiger partial charge in [0.2, 0.25) is 5.91 Å². The van der Waals surface area contributed by atoms with E-state index < -0.39 is 0 Å². The number of aromatic nitrogens is 1. The van der Waals surface area contributed by atoms with Crippen molar-refractivity contribution in [3.05, 3.63) is 70.6 Å². The highest BCUT2D eigenvalue weighted by molar-refractivity contribution is 5.93. The Kier molecular flexibility index (Phi) is 3.45. The minimum atomic E-state index is -0.0557. The molecular weight excluding hydrogens is 300 g/mol. The standard InChI is InChI=1S/C20H18N2O2/c1-12-19(13(2)24-22-12)11-20(23)21-16-7-8-18-15(10-16)9-14-5-3-4-6-17(14)18/h3-8,10H,9,11H2,1-2H3,(H,21,23). The van der Waals surface area contributed by atoms with Gasteiger partial charge < -0.3 is 9.84 Å². The highest BCUT2D eigenvalue weighted by Crippen LogP contribution is 2.37. The Hall–Kier alpha value is -2.88. The van der Waals surface area contributed by atoms with Crippen molar-refractivity contribution in [3.63, 3.8) is 0 Å². The smallest absolute Gasteiger partial charge is 0.228 e. The van der Waals surface area contributed by atoms with E-state index >= 15 is 0 Å². The zero-order chi connectivity index (χ0) is 16.7. The average molecular weight is 318 g/mol. The van der Waals surface area contributed by atoms with Crippen LogP contribution in [-0.2, 0) is 17.6 Å². The van der Waals surface area contributed by atoms with E-state index in [1.165, 1.54) is 22.3 Å². The molecule has 0 radical (unpaired) electrons. The van der Waals surface area contributed by atoms with Crippen molar-refractivity contribution < 1.29 is 9.32 Å². The van der Waals surface area contributed by atoms with Crippen LogP contribution in [0.1, 0.15) is 28.1 Å². The molecule has 2 aromatic carbocycles. The topological polar surface area (TPSA) is 55.1 Å². The summed E-state index contributed by atoms with van der Waals surface area (Å²) in [6, 6.07) is 14.6. The van der Waals surface area contributed by atoms with Crippen molar-refractivity contribution in [3.8, 4) is 11.1 Å². The first-order valence-corrected chi connectivity index (χ1v) is 8.04. The Morgan fingerprint density at radius 1 is 1.12 bits per heavy atom. The van der Waals surface area contributed by atoms with Crippen LogP contribution in [0.4, 0.5) is 5.69 Å². The van der Waals surface area contributed by atoms with Crippen molar-refractivity contribution in [1.29, 1.82) is 0 Å². The van der Waals surface area contributed by atoms with Crippen LogP contribution in [0.15, 0.2) is 47.0 Å². The zero-order valence-corrected chi connectivity index (χ0v) is 13.7. The number of benzene rings is 2. The van der Waals surface area contributed by atoms with Gasteiger partial charge in [-0.25, -0.2) is 0 Å². The number of rotatable bonds is 3. The summed E-state index contributed by atoms with van der Waals surface area (Å²) in [5, 5.41) is 6.87. The average Bonchev–Trinajstić information content (AvgIpc) is 3.09. The summed E-state index contributed by atoms with van der Waals surface area (Å²) in [6.07, 6.45) is 1.19. The molecule has 24 heavy (non-hydrogen) atoms. The molecule has 1 amide bonds. The summed E-state index contributed by atoms with van der Waals surface area (Å²) in [5.41, 5.74) is 7.61. The lowest BCUT2D eigenvalue weighted by Crippen LogP contribution is -2.15. The molecule has 4 heteroatoms. The Morgan fingerprint density at radius 2 is 1.92 bits per heavy atom. The summed E-state index contributed by atoms with van der Waals surface area (Å²) in [5.74, 6) is 0.645. The van der Waals surface area contributed by atoms with Gasteiger partial charge in [-0.3, -0.25) is 4.79 Å². The molecule has 0 unspecified atom stereocenters. The summed E-state index contributed by atoms with van der Waals surface area (Å²) in [4.78, 5) is 12.3. The summed E-state index contributed by atoms with van der Waals surface area (Å²) >= 11 is 0. The first-order valence-electron chi connectivity index (χ1n) is 8.04. The molecule has 1 aliphatic carbocycles. The van der Waals surface area contributed by atoms with E-state index in [2.05, 4.69) is 46.9 Å². The van der Waals surface area contributed by atoms with Crippen molar-refractivity contribution in [2.45, 2.75) is 26.7 Å². The number of hydrogen-bond acceptors (Lipinski definition) is 3. The third-order valence-electron chi connectivity index (χ3n) is 4.60. The maximum absolute atomic E-state index is 12.3. The number of fused-ring (bicyclic) bond motifs is 3. The van der Waals surface area contributed by atoms with E-state index in [0.29, 0.717) is 5.76 Å². The number of nitrogens with zero attached hydrogens (tertiary/aromatic N) is 1. The molecule has 0 saturated heterocycles. The minimum absolute atomic E-state index is 0.0557. The molecule has 1 aliphatic rings. The van der Waals surface area contributed by atoms with Crippen molar-refractivity contribution in [1.82, 2.24) is 5.16 Å². The van der Waals surface area contributed by atoms with E-state index in [1.54, 1.807) is 0 Å². The molecule has 1 N–H and O–H groups in total. The highest BCUT2D eigenvalue weighted by atomic mass is 16.5. The first kappa shape index (κ1) is 14.7. The maximum atomic E-state index is 12.3. The number of nitrogens with one attached hydrogen (secondary N) is 1. The molecule has 0 spiro atoms. The van der Waals surface area contributed by atoms with Crippen LogP contribution in [0.5, 0.6) is 0 Å². The summed E-state index contributed by atoms with van der Waals surface area (Å²) in [7, 11) is 0. The van der Waals surface area contributed by atoms with Gasteiger partial charge in [0.05, 0.1) is 12.1 Å². The third-order valence-corrected chi connectivity index (χ3v) is 4.60. The van der Waals surface area contributed by atoms with Gasteiger partial charge in [0.25, 0.3) is 0 Å². The number of carbonyl (C=O) groups is 1. The highest BCUT2D eigenvalue weighted by Gasteiger charge is 2.19. The predicted octanol–water partition coefficient (Wildman–Crippen LogP) is 4.04. The van der Waals surface area contributed by atoms with Crippen LogP contribution in [0.2, 0.25) is 0 Å².